The van der Waals surface area contributed by atoms with Crippen LogP contribution in [0.5, 0.6) is 0 Å². The summed E-state index contributed by atoms with van der Waals surface area (Å²) in [5, 5.41) is 15.6. The number of carbonyl (C=O) groups excluding carboxylic acids is 1. The van der Waals surface area contributed by atoms with Gasteiger partial charge in [-0.2, -0.15) is 0 Å². The van der Waals surface area contributed by atoms with Crippen LogP contribution in [-0.4, -0.2) is 27.5 Å². The largest absolute Gasteiger partial charge is 0.361 e. The number of non-ortho nitro benzene ring substituents is 1. The molecule has 0 saturated carbocycles. The normalized spacial score (nSPS) is 12.8. The Kier molecular flexibility index (Phi) is 4.82. The van der Waals surface area contributed by atoms with Crippen molar-refractivity contribution in [1.82, 2.24) is 10.1 Å². The van der Waals surface area contributed by atoms with Gasteiger partial charge in [-0.25, -0.2) is 4.98 Å². The summed E-state index contributed by atoms with van der Waals surface area (Å²) in [6, 6.07) is 9.92. The first-order chi connectivity index (χ1) is 13.5. The Morgan fingerprint density at radius 1 is 1.36 bits per heavy atom. The van der Waals surface area contributed by atoms with Gasteiger partial charge < -0.3 is 9.42 Å². The Morgan fingerprint density at radius 3 is 2.96 bits per heavy atom. The number of nitro benzene ring substituents is 1. The number of benzene rings is 1. The predicted molar refractivity (Wildman–Crippen MR) is 104 cm³/mol. The molecule has 142 valence electrons. The minimum atomic E-state index is -0.452. The minimum absolute atomic E-state index is 0.0272. The molecule has 1 aromatic carbocycles. The average Bonchev–Trinajstić information content (AvgIpc) is 3.31. The third-order valence-corrected chi connectivity index (χ3v) is 5.49. The van der Waals surface area contributed by atoms with E-state index in [1.54, 1.807) is 29.3 Å². The van der Waals surface area contributed by atoms with E-state index in [9.17, 15) is 14.9 Å². The summed E-state index contributed by atoms with van der Waals surface area (Å²) >= 11 is 1.40. The Morgan fingerprint density at radius 2 is 2.21 bits per heavy atom. The highest BCUT2D eigenvalue weighted by molar-refractivity contribution is 7.98. The third-order valence-electron chi connectivity index (χ3n) is 4.46. The van der Waals surface area contributed by atoms with Crippen LogP contribution in [0.3, 0.4) is 0 Å². The number of aromatic nitrogens is 2. The average molecular weight is 396 g/mol. The van der Waals surface area contributed by atoms with E-state index in [0.29, 0.717) is 35.0 Å². The van der Waals surface area contributed by atoms with Gasteiger partial charge in [-0.15, -0.1) is 0 Å². The van der Waals surface area contributed by atoms with Gasteiger partial charge in [-0.05, 0) is 31.0 Å². The van der Waals surface area contributed by atoms with E-state index in [-0.39, 0.29) is 11.6 Å². The molecule has 0 bridgehead atoms. The third kappa shape index (κ3) is 3.48. The molecule has 2 aromatic heterocycles. The molecule has 0 fully saturated rings. The van der Waals surface area contributed by atoms with Gasteiger partial charge in [0.1, 0.15) is 10.8 Å². The first-order valence-corrected chi connectivity index (χ1v) is 9.60. The number of hydrogen-bond donors (Lipinski definition) is 0. The summed E-state index contributed by atoms with van der Waals surface area (Å²) in [5.74, 6) is 1.03. The van der Waals surface area contributed by atoms with E-state index in [1.165, 1.54) is 23.9 Å². The Hall–Kier alpha value is -3.20. The van der Waals surface area contributed by atoms with Crippen molar-refractivity contribution in [3.63, 3.8) is 0 Å². The van der Waals surface area contributed by atoms with Crippen LogP contribution in [0.1, 0.15) is 27.4 Å². The van der Waals surface area contributed by atoms with Crippen LogP contribution in [0.25, 0.3) is 0 Å². The number of carbonyl (C=O) groups is 1. The molecule has 0 atom stereocenters. The van der Waals surface area contributed by atoms with E-state index < -0.39 is 4.92 Å². The fraction of sp³-hybridized carbons (Fsp3) is 0.211. The number of nitro groups is 1. The molecular formula is C19H16N4O4S. The van der Waals surface area contributed by atoms with E-state index in [2.05, 4.69) is 10.1 Å². The number of fused-ring (bicyclic) bond motifs is 1. The van der Waals surface area contributed by atoms with Crippen molar-refractivity contribution < 1.29 is 14.2 Å². The predicted octanol–water partition coefficient (Wildman–Crippen LogP) is 3.78. The molecule has 3 heterocycles. The van der Waals surface area contributed by atoms with Crippen molar-refractivity contribution >= 4 is 29.0 Å². The lowest BCUT2D eigenvalue weighted by Crippen LogP contribution is -2.29. The van der Waals surface area contributed by atoms with Gasteiger partial charge in [-0.3, -0.25) is 14.9 Å². The van der Waals surface area contributed by atoms with E-state index in [1.807, 2.05) is 13.0 Å². The van der Waals surface area contributed by atoms with Crippen LogP contribution in [0.2, 0.25) is 0 Å². The molecule has 0 spiro atoms. The number of hydrogen-bond acceptors (Lipinski definition) is 7. The SMILES string of the molecule is Cc1cc(CSc2ncccc2C(=O)N2CCc3ccc([N+](=O)[O-])cc32)no1. The smallest absolute Gasteiger partial charge is 0.271 e. The molecule has 1 amide bonds. The summed E-state index contributed by atoms with van der Waals surface area (Å²) in [6.45, 7) is 2.30. The molecule has 9 heteroatoms. The molecule has 0 unspecified atom stereocenters. The molecule has 0 aliphatic carbocycles. The molecule has 3 aromatic rings. The lowest BCUT2D eigenvalue weighted by Gasteiger charge is -2.18. The fourth-order valence-corrected chi connectivity index (χ4v) is 4.00. The van der Waals surface area contributed by atoms with E-state index in [4.69, 9.17) is 4.52 Å². The molecule has 0 N–H and O–H groups in total. The molecule has 0 radical (unpaired) electrons. The zero-order valence-corrected chi connectivity index (χ0v) is 15.8. The number of pyridine rings is 1. The summed E-state index contributed by atoms with van der Waals surface area (Å²) < 4.78 is 5.07. The molecule has 1 aliphatic rings. The van der Waals surface area contributed by atoms with Crippen LogP contribution in [0.15, 0.2) is 52.1 Å². The van der Waals surface area contributed by atoms with E-state index in [0.717, 1.165) is 17.0 Å². The standard InChI is InChI=1S/C19H16N4O4S/c1-12-9-14(21-27-12)11-28-18-16(3-2-7-20-18)19(24)22-8-6-13-4-5-15(23(25)26)10-17(13)22/h2-5,7,9-10H,6,8,11H2,1H3. The summed E-state index contributed by atoms with van der Waals surface area (Å²) in [6.07, 6.45) is 2.30. The maximum atomic E-state index is 13.2. The lowest BCUT2D eigenvalue weighted by atomic mass is 10.1. The number of anilines is 1. The highest BCUT2D eigenvalue weighted by atomic mass is 32.2. The van der Waals surface area contributed by atoms with Crippen LogP contribution in [0.4, 0.5) is 11.4 Å². The number of thioether (sulfide) groups is 1. The van der Waals surface area contributed by atoms with Gasteiger partial charge in [0.15, 0.2) is 0 Å². The van der Waals surface area contributed by atoms with Gasteiger partial charge in [0.2, 0.25) is 0 Å². The van der Waals surface area contributed by atoms with Crippen molar-refractivity contribution in [3.8, 4) is 0 Å². The van der Waals surface area contributed by atoms with Crippen LogP contribution >= 0.6 is 11.8 Å². The first-order valence-electron chi connectivity index (χ1n) is 8.62. The molecule has 0 saturated heterocycles. The van der Waals surface area contributed by atoms with Gasteiger partial charge in [0.05, 0.1) is 21.9 Å². The second-order valence-corrected chi connectivity index (χ2v) is 7.31. The maximum Gasteiger partial charge on any atom is 0.271 e. The summed E-state index contributed by atoms with van der Waals surface area (Å²) in [5.41, 5.74) is 2.72. The highest BCUT2D eigenvalue weighted by Gasteiger charge is 2.29. The van der Waals surface area contributed by atoms with Crippen LogP contribution < -0.4 is 4.90 Å². The zero-order valence-electron chi connectivity index (χ0n) is 15.0. The molecule has 28 heavy (non-hydrogen) atoms. The van der Waals surface area contributed by atoms with Crippen molar-refractivity contribution in [2.24, 2.45) is 0 Å². The van der Waals surface area contributed by atoms with Crippen molar-refractivity contribution in [2.75, 3.05) is 11.4 Å². The minimum Gasteiger partial charge on any atom is -0.361 e. The van der Waals surface area contributed by atoms with Crippen LogP contribution in [-0.2, 0) is 12.2 Å². The number of aryl methyl sites for hydroxylation is 1. The van der Waals surface area contributed by atoms with Crippen molar-refractivity contribution in [2.45, 2.75) is 24.1 Å². The lowest BCUT2D eigenvalue weighted by molar-refractivity contribution is -0.384. The maximum absolute atomic E-state index is 13.2. The number of amides is 1. The monoisotopic (exact) mass is 396 g/mol. The van der Waals surface area contributed by atoms with E-state index >= 15 is 0 Å². The summed E-state index contributed by atoms with van der Waals surface area (Å²) in [4.78, 5) is 29.8. The van der Waals surface area contributed by atoms with Gasteiger partial charge >= 0.3 is 0 Å². The van der Waals surface area contributed by atoms with Crippen LogP contribution in [0, 0.1) is 17.0 Å². The molecular weight excluding hydrogens is 380 g/mol. The van der Waals surface area contributed by atoms with Gasteiger partial charge in [0, 0.05) is 36.7 Å². The summed E-state index contributed by atoms with van der Waals surface area (Å²) in [7, 11) is 0. The Bertz CT molecular complexity index is 1070. The fourth-order valence-electron chi connectivity index (χ4n) is 3.13. The topological polar surface area (TPSA) is 102 Å². The number of nitrogens with zero attached hydrogens (tertiary/aromatic N) is 4. The molecule has 1 aliphatic heterocycles. The highest BCUT2D eigenvalue weighted by Crippen LogP contribution is 2.34. The quantitative estimate of drug-likeness (QED) is 0.367. The van der Waals surface area contributed by atoms with Gasteiger partial charge in [-0.1, -0.05) is 23.0 Å². The van der Waals surface area contributed by atoms with Gasteiger partial charge in [0.25, 0.3) is 11.6 Å². The Labute approximate surface area is 164 Å². The second-order valence-electron chi connectivity index (χ2n) is 6.35. The van der Waals surface area contributed by atoms with Crippen molar-refractivity contribution in [3.05, 3.63) is 75.3 Å². The molecule has 4 rings (SSSR count). The Balaban J connectivity index is 1.60. The molecule has 8 nitrogen and oxygen atoms in total. The van der Waals surface area contributed by atoms with Crippen molar-refractivity contribution in [1.29, 1.82) is 0 Å². The first kappa shape index (κ1) is 18.2. The second kappa shape index (κ2) is 7.43. The zero-order chi connectivity index (χ0) is 19.7. The number of rotatable bonds is 5.